The maximum absolute atomic E-state index is 11.1. The molecule has 5 nitrogen and oxygen atoms in total. The lowest BCUT2D eigenvalue weighted by Gasteiger charge is -2.10. The molecule has 2 aromatic rings. The summed E-state index contributed by atoms with van der Waals surface area (Å²) >= 11 is 0. The molecule has 0 saturated carbocycles. The highest BCUT2D eigenvalue weighted by molar-refractivity contribution is 5.94. The fourth-order valence-electron chi connectivity index (χ4n) is 1.90. The van der Waals surface area contributed by atoms with Crippen LogP contribution in [0.1, 0.15) is 24.2 Å². The third kappa shape index (κ3) is 2.76. The summed E-state index contributed by atoms with van der Waals surface area (Å²) in [4.78, 5) is 11.1. The van der Waals surface area contributed by atoms with Crippen LogP contribution in [0.2, 0.25) is 0 Å². The first-order valence-corrected chi connectivity index (χ1v) is 6.01. The van der Waals surface area contributed by atoms with Crippen molar-refractivity contribution in [2.45, 2.75) is 20.0 Å². The average Bonchev–Trinajstić information content (AvgIpc) is 2.71. The Morgan fingerprint density at radius 1 is 1.32 bits per heavy atom. The number of carboxylic acid groups (broad SMARTS) is 1. The number of aryl methyl sites for hydroxylation is 1. The van der Waals surface area contributed by atoms with Gasteiger partial charge in [-0.2, -0.15) is 5.10 Å². The summed E-state index contributed by atoms with van der Waals surface area (Å²) in [5.41, 5.74) is 1.58. The molecule has 0 atom stereocenters. The molecule has 0 aliphatic heterocycles. The van der Waals surface area contributed by atoms with Crippen molar-refractivity contribution in [3.05, 3.63) is 36.0 Å². The van der Waals surface area contributed by atoms with Gasteiger partial charge in [-0.3, -0.25) is 4.68 Å². The molecule has 1 aromatic carbocycles. The Hall–Kier alpha value is -2.30. The fraction of sp³-hybridized carbons (Fsp3) is 0.286. The van der Waals surface area contributed by atoms with E-state index in [0.717, 1.165) is 11.3 Å². The number of nitrogens with zero attached hydrogens (tertiary/aromatic N) is 2. The van der Waals surface area contributed by atoms with Crippen molar-refractivity contribution in [2.75, 3.05) is 0 Å². The van der Waals surface area contributed by atoms with E-state index < -0.39 is 5.97 Å². The number of hydrogen-bond acceptors (Lipinski definition) is 3. The molecule has 0 aliphatic carbocycles. The van der Waals surface area contributed by atoms with Gasteiger partial charge in [0.05, 0.1) is 18.0 Å². The molecule has 1 aromatic heterocycles. The van der Waals surface area contributed by atoms with Crippen LogP contribution in [0.5, 0.6) is 5.75 Å². The molecule has 0 radical (unpaired) electrons. The highest BCUT2D eigenvalue weighted by atomic mass is 16.5. The Labute approximate surface area is 111 Å². The first-order valence-electron chi connectivity index (χ1n) is 6.01. The van der Waals surface area contributed by atoms with E-state index in [1.54, 1.807) is 11.7 Å². The zero-order chi connectivity index (χ0) is 14.0. The van der Waals surface area contributed by atoms with Crippen molar-refractivity contribution in [2.24, 2.45) is 7.05 Å². The van der Waals surface area contributed by atoms with Crippen LogP contribution in [-0.2, 0) is 7.05 Å². The Morgan fingerprint density at radius 3 is 2.47 bits per heavy atom. The first kappa shape index (κ1) is 13.1. The third-order valence-electron chi connectivity index (χ3n) is 2.67. The molecule has 100 valence electrons. The van der Waals surface area contributed by atoms with Gasteiger partial charge in [-0.25, -0.2) is 4.79 Å². The molecule has 1 heterocycles. The zero-order valence-corrected chi connectivity index (χ0v) is 11.1. The summed E-state index contributed by atoms with van der Waals surface area (Å²) in [6.45, 7) is 3.91. The summed E-state index contributed by atoms with van der Waals surface area (Å²) in [6, 6.07) is 7.32. The van der Waals surface area contributed by atoms with E-state index in [2.05, 4.69) is 5.10 Å². The van der Waals surface area contributed by atoms with Crippen molar-refractivity contribution in [1.29, 1.82) is 0 Å². The van der Waals surface area contributed by atoms with Crippen LogP contribution in [-0.4, -0.2) is 27.0 Å². The van der Waals surface area contributed by atoms with Crippen LogP contribution < -0.4 is 4.74 Å². The van der Waals surface area contributed by atoms with Crippen molar-refractivity contribution in [3.63, 3.8) is 0 Å². The van der Waals surface area contributed by atoms with Crippen LogP contribution >= 0.6 is 0 Å². The highest BCUT2D eigenvalue weighted by Crippen LogP contribution is 2.25. The average molecular weight is 260 g/mol. The Bertz CT molecular complexity index is 585. The third-order valence-corrected chi connectivity index (χ3v) is 2.67. The van der Waals surface area contributed by atoms with Crippen molar-refractivity contribution in [3.8, 4) is 17.0 Å². The lowest BCUT2D eigenvalue weighted by molar-refractivity contribution is 0.0697. The van der Waals surface area contributed by atoms with E-state index in [0.29, 0.717) is 5.69 Å². The van der Waals surface area contributed by atoms with E-state index in [1.165, 1.54) is 6.20 Å². The van der Waals surface area contributed by atoms with Gasteiger partial charge >= 0.3 is 5.97 Å². The van der Waals surface area contributed by atoms with Gasteiger partial charge in [0.25, 0.3) is 0 Å². The largest absolute Gasteiger partial charge is 0.491 e. The SMILES string of the molecule is CC(C)Oc1ccc(-c2c(C(=O)O)cnn2C)cc1. The summed E-state index contributed by atoms with van der Waals surface area (Å²) in [5.74, 6) is -0.219. The smallest absolute Gasteiger partial charge is 0.339 e. The quantitative estimate of drug-likeness (QED) is 0.917. The molecular weight excluding hydrogens is 244 g/mol. The van der Waals surface area contributed by atoms with Gasteiger partial charge in [0, 0.05) is 12.6 Å². The molecule has 1 N–H and O–H groups in total. The van der Waals surface area contributed by atoms with Crippen molar-refractivity contribution < 1.29 is 14.6 Å². The predicted molar refractivity (Wildman–Crippen MR) is 71.4 cm³/mol. The minimum atomic E-state index is -0.981. The second-order valence-corrected chi connectivity index (χ2v) is 4.53. The van der Waals surface area contributed by atoms with Crippen LogP contribution in [0.15, 0.2) is 30.5 Å². The number of ether oxygens (including phenoxy) is 1. The normalized spacial score (nSPS) is 10.7. The van der Waals surface area contributed by atoms with Crippen LogP contribution in [0.4, 0.5) is 0 Å². The molecule has 0 amide bonds. The van der Waals surface area contributed by atoms with Crippen LogP contribution in [0.3, 0.4) is 0 Å². The number of carbonyl (C=O) groups is 1. The van der Waals surface area contributed by atoms with E-state index in [1.807, 2.05) is 38.1 Å². The zero-order valence-electron chi connectivity index (χ0n) is 11.1. The molecule has 0 saturated heterocycles. The van der Waals surface area contributed by atoms with E-state index in [-0.39, 0.29) is 11.7 Å². The summed E-state index contributed by atoms with van der Waals surface area (Å²) in [7, 11) is 1.72. The van der Waals surface area contributed by atoms with Crippen LogP contribution in [0, 0.1) is 0 Å². The Balaban J connectivity index is 2.37. The second kappa shape index (κ2) is 5.14. The second-order valence-electron chi connectivity index (χ2n) is 4.53. The number of aromatic carboxylic acids is 1. The van der Waals surface area contributed by atoms with Crippen molar-refractivity contribution >= 4 is 5.97 Å². The minimum absolute atomic E-state index is 0.108. The monoisotopic (exact) mass is 260 g/mol. The van der Waals surface area contributed by atoms with Gasteiger partial charge in [0.2, 0.25) is 0 Å². The standard InChI is InChI=1S/C14H16N2O3/c1-9(2)19-11-6-4-10(5-7-11)13-12(14(17)18)8-15-16(13)3/h4-9H,1-3H3,(H,17,18). The minimum Gasteiger partial charge on any atom is -0.491 e. The maximum atomic E-state index is 11.1. The van der Waals surface area contributed by atoms with E-state index in [4.69, 9.17) is 9.84 Å². The maximum Gasteiger partial charge on any atom is 0.339 e. The number of carboxylic acids is 1. The highest BCUT2D eigenvalue weighted by Gasteiger charge is 2.16. The van der Waals surface area contributed by atoms with Gasteiger partial charge in [-0.1, -0.05) is 0 Å². The predicted octanol–water partition coefficient (Wildman–Crippen LogP) is 2.57. The topological polar surface area (TPSA) is 64.3 Å². The summed E-state index contributed by atoms with van der Waals surface area (Å²) in [5, 5.41) is 13.1. The molecule has 0 spiro atoms. The van der Waals surface area contributed by atoms with Gasteiger partial charge < -0.3 is 9.84 Å². The summed E-state index contributed by atoms with van der Waals surface area (Å²) < 4.78 is 7.11. The van der Waals surface area contributed by atoms with Gasteiger partial charge in [0.1, 0.15) is 11.3 Å². The fourth-order valence-corrected chi connectivity index (χ4v) is 1.90. The molecule has 0 aliphatic rings. The van der Waals surface area contributed by atoms with E-state index in [9.17, 15) is 4.79 Å². The number of hydrogen-bond donors (Lipinski definition) is 1. The first-order chi connectivity index (χ1) is 8.99. The number of rotatable bonds is 4. The summed E-state index contributed by atoms with van der Waals surface area (Å²) in [6.07, 6.45) is 1.47. The lowest BCUT2D eigenvalue weighted by Crippen LogP contribution is -2.05. The van der Waals surface area contributed by atoms with Crippen molar-refractivity contribution in [1.82, 2.24) is 9.78 Å². The van der Waals surface area contributed by atoms with E-state index >= 15 is 0 Å². The van der Waals surface area contributed by atoms with Gasteiger partial charge in [-0.15, -0.1) is 0 Å². The van der Waals surface area contributed by atoms with Gasteiger partial charge in [0.15, 0.2) is 0 Å². The Kier molecular flexibility index (Phi) is 3.55. The Morgan fingerprint density at radius 2 is 1.95 bits per heavy atom. The lowest BCUT2D eigenvalue weighted by atomic mass is 10.1. The number of benzene rings is 1. The number of aromatic nitrogens is 2. The van der Waals surface area contributed by atoms with Crippen LogP contribution in [0.25, 0.3) is 11.3 Å². The molecule has 0 bridgehead atoms. The van der Waals surface area contributed by atoms with Gasteiger partial charge in [-0.05, 0) is 38.1 Å². The molecule has 2 rings (SSSR count). The molecule has 0 fully saturated rings. The molecule has 0 unspecified atom stereocenters. The molecular formula is C14H16N2O3. The molecule has 19 heavy (non-hydrogen) atoms. The molecule has 5 heteroatoms.